The molecule has 598 valence electrons. The van der Waals surface area contributed by atoms with Crippen LogP contribution in [0.1, 0.15) is 276 Å². The predicted molar refractivity (Wildman–Crippen MR) is 399 cm³/mol. The SMILES string of the molecule is C.C=CCOC(=O)CC(N)CC(C)C(=O)OCCCC(C)(C)C.CC(C)(C)CCCOC(=O)C(C)(C)N.CC(CC(=O)CC(C)C(=O)OCCCC(C)(C)C)C(=O)O.CC(CCC(=O)CC(C)C(=O)OCCCC(C)(C)C)C(=O)O.CC(NC(=O)CN1C(=O)C=CC1=O)C(=O)OCCCC(C)(C)C. The number of carbonyl (C=O) groups excluding carboxylic acids is 11. The fraction of sp³-hybridized carbons (Fsp3) is 0.782. The fourth-order valence-electron chi connectivity index (χ4n) is 8.71. The van der Waals surface area contributed by atoms with Gasteiger partial charge in [0.2, 0.25) is 5.91 Å². The number of ketones is 2. The Kier molecular flexibility index (Phi) is 53.9. The molecule has 25 heteroatoms. The number of hydrogen-bond donors (Lipinski definition) is 5. The molecule has 1 heterocycles. The molecule has 103 heavy (non-hydrogen) atoms. The Morgan fingerprint density at radius 1 is 0.485 bits per heavy atom. The Balaban J connectivity index is -0.000000391. The molecule has 0 aliphatic carbocycles. The number of nitrogens with two attached hydrogens (primary N) is 2. The number of amides is 3. The molecule has 0 aromatic heterocycles. The molecule has 0 aromatic rings. The molecule has 7 N–H and O–H groups in total. The summed E-state index contributed by atoms with van der Waals surface area (Å²) in [5, 5.41) is 19.9. The third kappa shape index (κ3) is 64.4. The summed E-state index contributed by atoms with van der Waals surface area (Å²) in [6.07, 6.45) is 13.8. The second kappa shape index (κ2) is 53.0. The molecule has 1 aliphatic rings. The minimum atomic E-state index is -0.999. The summed E-state index contributed by atoms with van der Waals surface area (Å²) in [5.74, 6) is -8.69. The summed E-state index contributed by atoms with van der Waals surface area (Å²) >= 11 is 0. The van der Waals surface area contributed by atoms with Gasteiger partial charge in [0.15, 0.2) is 0 Å². The maximum Gasteiger partial charge on any atom is 0.328 e. The van der Waals surface area contributed by atoms with Gasteiger partial charge in [-0.3, -0.25) is 62.4 Å². The van der Waals surface area contributed by atoms with Crippen LogP contribution in [0.5, 0.6) is 0 Å². The lowest BCUT2D eigenvalue weighted by molar-refractivity contribution is -0.150. The van der Waals surface area contributed by atoms with Crippen molar-refractivity contribution >= 4 is 77.0 Å². The number of carboxylic acids is 2. The average molecular weight is 1470 g/mol. The number of carbonyl (C=O) groups is 13. The summed E-state index contributed by atoms with van der Waals surface area (Å²) in [5.41, 5.74) is 11.7. The Hall–Kier alpha value is -6.89. The number of hydrogen-bond acceptors (Lipinski definition) is 21. The molecule has 0 radical (unpaired) electrons. The maximum atomic E-state index is 11.9. The molecule has 3 amide bonds. The first-order chi connectivity index (χ1) is 46.4. The molecule has 0 spiro atoms. The lowest BCUT2D eigenvalue weighted by atomic mass is 9.91. The minimum absolute atomic E-state index is 0. The average Bonchev–Trinajstić information content (AvgIpc) is 1.73. The number of nitrogens with zero attached hydrogens (tertiary/aromatic N) is 1. The first kappa shape index (κ1) is 105. The molecule has 7 atom stereocenters. The number of nitrogens with one attached hydrogen (secondary N) is 1. The molecular formula is C78H140N4O21. The standard InChI is InChI=1S/C17H31NO4.C17H30O5.C16H24N2O5.C16H28O5.C11H23NO2.CH4/c1-6-9-21-15(19)12-14(18)11-13(2)16(20)22-10-7-8-17(3,4)5;1-12(15(19)20)7-8-14(18)11-13(2)16(21)22-10-6-9-17(3,4)5;1-11(15(22)23-9-5-8-16(2,3)4)17-12(19)10-18-13(20)6-7-14(18)21;1-11(14(18)19)9-13(17)10-12(2)15(20)21-8-6-7-16(3,4)5;1-10(2,3)7-6-8-14-9(13)11(4,5)12;/h6,13-14H,1,7-12,18H2,2-5H3;12-13H,6-11H2,1-5H3,(H,19,20);6-7,11H,5,8-10H2,1-4H3,(H,17,19);11-12H,6-10H2,1-5H3,(H,18,19);6-8,12H2,1-5H3;1H4. The van der Waals surface area contributed by atoms with Gasteiger partial charge >= 0.3 is 47.8 Å². The van der Waals surface area contributed by atoms with E-state index in [1.54, 1.807) is 41.5 Å². The number of Topliss-reactive ketones (excluding diaryl/α,β-unsaturated/α-hetero) is 2. The van der Waals surface area contributed by atoms with E-state index in [1.807, 2.05) is 0 Å². The largest absolute Gasteiger partial charge is 0.481 e. The summed E-state index contributed by atoms with van der Waals surface area (Å²) in [6.45, 7) is 50.1. The first-order valence-electron chi connectivity index (χ1n) is 35.9. The molecule has 1 aliphatic heterocycles. The van der Waals surface area contributed by atoms with Crippen LogP contribution >= 0.6 is 0 Å². The Morgan fingerprint density at radius 3 is 1.16 bits per heavy atom. The molecule has 0 bridgehead atoms. The van der Waals surface area contributed by atoms with Gasteiger partial charge in [0.25, 0.3) is 11.8 Å². The highest BCUT2D eigenvalue weighted by Crippen LogP contribution is 2.25. The van der Waals surface area contributed by atoms with Gasteiger partial charge in [0.1, 0.15) is 36.3 Å². The number of rotatable bonds is 40. The van der Waals surface area contributed by atoms with Crippen molar-refractivity contribution in [2.45, 2.75) is 293 Å². The number of imide groups is 1. The van der Waals surface area contributed by atoms with Gasteiger partial charge in [-0.1, -0.05) is 159 Å². The maximum absolute atomic E-state index is 11.9. The van der Waals surface area contributed by atoms with Crippen molar-refractivity contribution in [3.05, 3.63) is 24.8 Å². The summed E-state index contributed by atoms with van der Waals surface area (Å²) in [4.78, 5) is 150. The molecule has 0 aromatic carbocycles. The van der Waals surface area contributed by atoms with Gasteiger partial charge < -0.3 is 55.4 Å². The normalized spacial score (nSPS) is 14.2. The van der Waals surface area contributed by atoms with Crippen LogP contribution < -0.4 is 16.8 Å². The quantitative estimate of drug-likeness (QED) is 0.0125. The molecule has 25 nitrogen and oxygen atoms in total. The van der Waals surface area contributed by atoms with Gasteiger partial charge in [-0.2, -0.15) is 0 Å². The summed E-state index contributed by atoms with van der Waals surface area (Å²) in [7, 11) is 0. The second-order valence-corrected chi connectivity index (χ2v) is 33.3. The van der Waals surface area contributed by atoms with Gasteiger partial charge in [0.05, 0.1) is 69.0 Å². The van der Waals surface area contributed by atoms with E-state index in [-0.39, 0.29) is 115 Å². The van der Waals surface area contributed by atoms with E-state index in [9.17, 15) is 62.3 Å². The minimum Gasteiger partial charge on any atom is -0.481 e. The van der Waals surface area contributed by atoms with E-state index in [0.717, 1.165) is 81.3 Å². The predicted octanol–water partition coefficient (Wildman–Crippen LogP) is 12.9. The lowest BCUT2D eigenvalue weighted by Crippen LogP contribution is -2.46. The van der Waals surface area contributed by atoms with E-state index in [2.05, 4.69) is 116 Å². The van der Waals surface area contributed by atoms with Gasteiger partial charge in [0, 0.05) is 43.9 Å². The monoisotopic (exact) mass is 1470 g/mol. The van der Waals surface area contributed by atoms with Crippen LogP contribution in [-0.2, 0) is 90.8 Å². The number of carboxylic acid groups (broad SMARTS) is 2. The zero-order valence-corrected chi connectivity index (χ0v) is 66.7. The van der Waals surface area contributed by atoms with Crippen LogP contribution in [0.3, 0.4) is 0 Å². The topological polar surface area (TPSA) is 385 Å². The highest BCUT2D eigenvalue weighted by Gasteiger charge is 2.29. The third-order valence-corrected chi connectivity index (χ3v) is 15.0. The Morgan fingerprint density at radius 2 is 0.816 bits per heavy atom. The van der Waals surface area contributed by atoms with Crippen molar-refractivity contribution < 1.29 is 101 Å². The number of ether oxygens (including phenoxy) is 6. The highest BCUT2D eigenvalue weighted by atomic mass is 16.6. The molecule has 1 rings (SSSR count). The van der Waals surface area contributed by atoms with Gasteiger partial charge in [-0.15, -0.1) is 0 Å². The Labute approximate surface area is 618 Å². The zero-order valence-electron chi connectivity index (χ0n) is 66.7. The van der Waals surface area contributed by atoms with E-state index < -0.39 is 83.5 Å². The van der Waals surface area contributed by atoms with Gasteiger partial charge in [-0.05, 0) is 125 Å². The molecule has 0 fully saturated rings. The van der Waals surface area contributed by atoms with Crippen LogP contribution in [0.2, 0.25) is 0 Å². The van der Waals surface area contributed by atoms with Crippen molar-refractivity contribution in [2.24, 2.45) is 68.1 Å². The van der Waals surface area contributed by atoms with Crippen molar-refractivity contribution in [2.75, 3.05) is 46.2 Å². The third-order valence-electron chi connectivity index (χ3n) is 15.0. The van der Waals surface area contributed by atoms with E-state index in [4.69, 9.17) is 50.1 Å². The second-order valence-electron chi connectivity index (χ2n) is 33.3. The van der Waals surface area contributed by atoms with Crippen LogP contribution in [0, 0.1) is 56.7 Å². The summed E-state index contributed by atoms with van der Waals surface area (Å²) in [6, 6.07) is -1.24. The van der Waals surface area contributed by atoms with Crippen molar-refractivity contribution in [3.8, 4) is 0 Å². The number of aliphatic carboxylic acids is 2. The van der Waals surface area contributed by atoms with Gasteiger partial charge in [-0.25, -0.2) is 4.79 Å². The fourth-order valence-corrected chi connectivity index (χ4v) is 8.71. The van der Waals surface area contributed by atoms with Crippen LogP contribution in [0.4, 0.5) is 0 Å². The molecule has 0 saturated heterocycles. The zero-order chi connectivity index (χ0) is 80.2. The first-order valence-corrected chi connectivity index (χ1v) is 35.9. The van der Waals surface area contributed by atoms with E-state index in [1.165, 1.54) is 19.9 Å². The van der Waals surface area contributed by atoms with Crippen LogP contribution in [-0.4, -0.2) is 156 Å². The van der Waals surface area contributed by atoms with E-state index >= 15 is 0 Å². The molecular weight excluding hydrogens is 1330 g/mol. The van der Waals surface area contributed by atoms with Crippen molar-refractivity contribution in [1.82, 2.24) is 10.2 Å². The Bertz CT molecular complexity index is 2610. The van der Waals surface area contributed by atoms with Crippen molar-refractivity contribution in [1.29, 1.82) is 0 Å². The van der Waals surface area contributed by atoms with Crippen LogP contribution in [0.25, 0.3) is 0 Å². The molecule has 0 saturated carbocycles. The molecule has 7 unspecified atom stereocenters. The van der Waals surface area contributed by atoms with Crippen molar-refractivity contribution in [3.63, 3.8) is 0 Å². The number of esters is 6. The smallest absolute Gasteiger partial charge is 0.328 e. The van der Waals surface area contributed by atoms with E-state index in [0.29, 0.717) is 51.3 Å². The summed E-state index contributed by atoms with van der Waals surface area (Å²) < 4.78 is 30.6. The van der Waals surface area contributed by atoms with Crippen LogP contribution in [0.15, 0.2) is 24.8 Å². The lowest BCUT2D eigenvalue weighted by Gasteiger charge is -2.19. The highest BCUT2D eigenvalue weighted by molar-refractivity contribution is 6.14.